The Morgan fingerprint density at radius 3 is 2.97 bits per heavy atom. The lowest BCUT2D eigenvalue weighted by Gasteiger charge is -2.28. The quantitative estimate of drug-likeness (QED) is 0.362. The number of amidine groups is 1. The zero-order valence-corrected chi connectivity index (χ0v) is 18.9. The fourth-order valence-electron chi connectivity index (χ4n) is 4.36. The summed E-state index contributed by atoms with van der Waals surface area (Å²) in [5, 5.41) is 5.22. The van der Waals surface area contributed by atoms with Gasteiger partial charge in [-0.15, -0.1) is 0 Å². The van der Waals surface area contributed by atoms with Crippen molar-refractivity contribution in [1.82, 2.24) is 34.0 Å². The zero-order chi connectivity index (χ0) is 22.9. The van der Waals surface area contributed by atoms with Crippen LogP contribution >= 0.6 is 11.6 Å². The Bertz CT molecular complexity index is 1400. The van der Waals surface area contributed by atoms with Crippen molar-refractivity contribution in [2.24, 2.45) is 4.99 Å². The normalized spacial score (nSPS) is 16.6. The van der Waals surface area contributed by atoms with Crippen LogP contribution in [0.15, 0.2) is 65.6 Å². The van der Waals surface area contributed by atoms with E-state index in [9.17, 15) is 4.79 Å². The van der Waals surface area contributed by atoms with Gasteiger partial charge in [0.25, 0.3) is 5.56 Å². The van der Waals surface area contributed by atoms with Crippen molar-refractivity contribution < 1.29 is 0 Å². The van der Waals surface area contributed by atoms with Gasteiger partial charge in [0.15, 0.2) is 11.7 Å². The third-order valence-corrected chi connectivity index (χ3v) is 6.18. The summed E-state index contributed by atoms with van der Waals surface area (Å²) >= 11 is 6.33. The molecule has 0 radical (unpaired) electrons. The van der Waals surface area contributed by atoms with E-state index in [0.717, 1.165) is 36.5 Å². The molecule has 9 nitrogen and oxygen atoms in total. The molecule has 168 valence electrons. The highest BCUT2D eigenvalue weighted by atomic mass is 35.5. The van der Waals surface area contributed by atoms with Crippen LogP contribution in [0.3, 0.4) is 0 Å². The number of H-pyrrole nitrogens is 1. The maximum absolute atomic E-state index is 13.6. The summed E-state index contributed by atoms with van der Waals surface area (Å²) < 4.78 is 3.24. The van der Waals surface area contributed by atoms with Crippen molar-refractivity contribution in [1.29, 1.82) is 0 Å². The van der Waals surface area contributed by atoms with Gasteiger partial charge in [-0.2, -0.15) is 5.10 Å². The Balaban J connectivity index is 1.67. The second-order valence-corrected chi connectivity index (χ2v) is 8.30. The van der Waals surface area contributed by atoms with Gasteiger partial charge in [-0.3, -0.25) is 14.3 Å². The van der Waals surface area contributed by atoms with Crippen LogP contribution in [0.2, 0.25) is 5.02 Å². The number of nitrogens with zero attached hydrogens (tertiary/aromatic N) is 7. The van der Waals surface area contributed by atoms with Crippen LogP contribution in [0.4, 0.5) is 0 Å². The number of nitrogens with one attached hydrogen (secondary N) is 1. The highest BCUT2D eigenvalue weighted by molar-refractivity contribution is 6.33. The second kappa shape index (κ2) is 8.67. The van der Waals surface area contributed by atoms with Crippen LogP contribution in [-0.2, 0) is 6.54 Å². The van der Waals surface area contributed by atoms with E-state index in [2.05, 4.69) is 31.4 Å². The lowest BCUT2D eigenvalue weighted by atomic mass is 10.1. The molecule has 0 unspecified atom stereocenters. The SMILES string of the molecule is C=CN=C(c1nc[nH]c1C)N1CCC[C@H]1c1nn2ccc(Cl)c2c(=O)n1Cc1ccccn1. The average Bonchev–Trinajstić information content (AvgIpc) is 3.55. The molecule has 5 heterocycles. The van der Waals surface area contributed by atoms with Crippen molar-refractivity contribution in [3.8, 4) is 0 Å². The molecular weight excluding hydrogens is 440 g/mol. The molecule has 1 aliphatic rings. The Morgan fingerprint density at radius 2 is 2.24 bits per heavy atom. The standard InChI is InChI=1S/C23H23ClN8O/c1-3-25-22(19-15(2)27-14-28-19)30-11-6-8-18(30)21-29-32-12-9-17(24)20(32)23(33)31(21)13-16-7-4-5-10-26-16/h3-5,7,9-10,12,14,18H,1,6,8,11,13H2,2H3,(H,27,28)/t18-/m0/s1. The average molecular weight is 463 g/mol. The van der Waals surface area contributed by atoms with Crippen molar-refractivity contribution in [2.45, 2.75) is 32.4 Å². The molecule has 5 rings (SSSR count). The summed E-state index contributed by atoms with van der Waals surface area (Å²) in [6.45, 7) is 6.79. The summed E-state index contributed by atoms with van der Waals surface area (Å²) in [6, 6.07) is 7.15. The topological polar surface area (TPSA) is 96.5 Å². The molecule has 1 atom stereocenters. The number of pyridine rings is 1. The van der Waals surface area contributed by atoms with Crippen LogP contribution < -0.4 is 5.56 Å². The Labute approximate surface area is 195 Å². The molecule has 1 aliphatic heterocycles. The van der Waals surface area contributed by atoms with Crippen LogP contribution in [0.1, 0.15) is 41.8 Å². The molecule has 0 saturated carbocycles. The van der Waals surface area contributed by atoms with E-state index < -0.39 is 0 Å². The Morgan fingerprint density at radius 1 is 1.36 bits per heavy atom. The summed E-state index contributed by atoms with van der Waals surface area (Å²) in [4.78, 5) is 32.3. The third kappa shape index (κ3) is 3.74. The number of aromatic nitrogens is 6. The van der Waals surface area contributed by atoms with Crippen molar-refractivity contribution >= 4 is 23.0 Å². The molecule has 4 aromatic heterocycles. The Kier molecular flexibility index (Phi) is 5.55. The number of halogens is 1. The third-order valence-electron chi connectivity index (χ3n) is 5.88. The van der Waals surface area contributed by atoms with Gasteiger partial charge in [0.1, 0.15) is 11.2 Å². The van der Waals surface area contributed by atoms with Gasteiger partial charge in [0.05, 0.1) is 29.6 Å². The first kappa shape index (κ1) is 21.1. The van der Waals surface area contributed by atoms with Gasteiger partial charge in [0, 0.05) is 30.8 Å². The lowest BCUT2D eigenvalue weighted by Crippen LogP contribution is -2.37. The molecule has 0 spiro atoms. The molecule has 4 aromatic rings. The van der Waals surface area contributed by atoms with Crippen molar-refractivity contribution in [2.75, 3.05) is 6.54 Å². The van der Waals surface area contributed by atoms with Gasteiger partial charge in [0.2, 0.25) is 0 Å². The minimum atomic E-state index is -0.203. The molecule has 1 saturated heterocycles. The fourth-order valence-corrected chi connectivity index (χ4v) is 4.59. The number of aryl methyl sites for hydroxylation is 1. The van der Waals surface area contributed by atoms with Crippen LogP contribution in [0, 0.1) is 6.92 Å². The van der Waals surface area contributed by atoms with E-state index in [1.165, 1.54) is 6.20 Å². The monoisotopic (exact) mass is 462 g/mol. The van der Waals surface area contributed by atoms with Crippen LogP contribution in [-0.4, -0.2) is 46.4 Å². The first-order valence-electron chi connectivity index (χ1n) is 10.7. The number of aromatic amines is 1. The number of likely N-dealkylation sites (tertiary alicyclic amines) is 1. The van der Waals surface area contributed by atoms with Gasteiger partial charge < -0.3 is 9.88 Å². The molecule has 33 heavy (non-hydrogen) atoms. The lowest BCUT2D eigenvalue weighted by molar-refractivity contribution is 0.362. The largest absolute Gasteiger partial charge is 0.348 e. The molecule has 1 fully saturated rings. The van der Waals surface area contributed by atoms with Gasteiger partial charge >= 0.3 is 0 Å². The number of hydrogen-bond donors (Lipinski definition) is 1. The van der Waals surface area contributed by atoms with E-state index in [1.807, 2.05) is 25.1 Å². The zero-order valence-electron chi connectivity index (χ0n) is 18.1. The number of fused-ring (bicyclic) bond motifs is 1. The predicted molar refractivity (Wildman–Crippen MR) is 127 cm³/mol. The number of hydrogen-bond acceptors (Lipinski definition) is 5. The number of aliphatic imine (C=N–C) groups is 1. The van der Waals surface area contributed by atoms with Gasteiger partial charge in [-0.25, -0.2) is 14.5 Å². The summed E-state index contributed by atoms with van der Waals surface area (Å²) in [6.07, 6.45) is 8.33. The molecular formula is C23H23ClN8O. The molecule has 0 aliphatic carbocycles. The smallest absolute Gasteiger partial charge is 0.279 e. The minimum absolute atomic E-state index is 0.179. The second-order valence-electron chi connectivity index (χ2n) is 7.89. The van der Waals surface area contributed by atoms with E-state index >= 15 is 0 Å². The molecule has 0 aromatic carbocycles. The van der Waals surface area contributed by atoms with E-state index in [1.54, 1.807) is 33.9 Å². The maximum Gasteiger partial charge on any atom is 0.279 e. The van der Waals surface area contributed by atoms with Gasteiger partial charge in [-0.1, -0.05) is 24.2 Å². The number of rotatable bonds is 5. The molecule has 0 amide bonds. The maximum atomic E-state index is 13.6. The molecule has 1 N–H and O–H groups in total. The Hall–Kier alpha value is -3.72. The van der Waals surface area contributed by atoms with Crippen molar-refractivity contribution in [3.05, 3.63) is 94.0 Å². The van der Waals surface area contributed by atoms with E-state index in [4.69, 9.17) is 16.7 Å². The molecule has 10 heteroatoms. The molecule has 0 bridgehead atoms. The van der Waals surface area contributed by atoms with Crippen LogP contribution in [0.5, 0.6) is 0 Å². The predicted octanol–water partition coefficient (Wildman–Crippen LogP) is 3.35. The van der Waals surface area contributed by atoms with Crippen molar-refractivity contribution in [3.63, 3.8) is 0 Å². The van der Waals surface area contributed by atoms with E-state index in [0.29, 0.717) is 28.7 Å². The van der Waals surface area contributed by atoms with E-state index in [-0.39, 0.29) is 11.6 Å². The highest BCUT2D eigenvalue weighted by Gasteiger charge is 2.34. The van der Waals surface area contributed by atoms with Crippen LogP contribution in [0.25, 0.3) is 5.52 Å². The first-order valence-corrected chi connectivity index (χ1v) is 11.1. The highest BCUT2D eigenvalue weighted by Crippen LogP contribution is 2.33. The summed E-state index contributed by atoms with van der Waals surface area (Å²) in [5.74, 6) is 1.34. The minimum Gasteiger partial charge on any atom is -0.348 e. The summed E-state index contributed by atoms with van der Waals surface area (Å²) in [7, 11) is 0. The van der Waals surface area contributed by atoms with Gasteiger partial charge in [-0.05, 0) is 38.0 Å². The summed E-state index contributed by atoms with van der Waals surface area (Å²) in [5.41, 5.74) is 2.58. The fraction of sp³-hybridized carbons (Fsp3) is 0.261. The first-order chi connectivity index (χ1) is 16.1. The number of imidazole rings is 1.